The van der Waals surface area contributed by atoms with E-state index >= 15 is 0 Å². The molecule has 0 bridgehead atoms. The van der Waals surface area contributed by atoms with Gasteiger partial charge >= 0.3 is 23.9 Å². The lowest BCUT2D eigenvalue weighted by atomic mass is 10.2. The number of rotatable bonds is 0. The summed E-state index contributed by atoms with van der Waals surface area (Å²) in [6, 6.07) is -1.41. The van der Waals surface area contributed by atoms with Crippen molar-refractivity contribution in [2.75, 3.05) is 0 Å². The van der Waals surface area contributed by atoms with E-state index in [-0.39, 0.29) is 0 Å². The first kappa shape index (κ1) is 12.6. The van der Waals surface area contributed by atoms with E-state index in [1.807, 2.05) is 0 Å². The summed E-state index contributed by atoms with van der Waals surface area (Å²) in [4.78, 5) is 59.5. The van der Waals surface area contributed by atoms with Crippen molar-refractivity contribution < 1.29 is 38.7 Å². The Labute approximate surface area is 93.9 Å². The molecule has 0 radical (unpaired) electrons. The van der Waals surface area contributed by atoms with Gasteiger partial charge in [-0.05, 0) is 0 Å². The fraction of sp³-hybridized carbons (Fsp3) is 0.250. The molecule has 1 rings (SSSR count). The van der Waals surface area contributed by atoms with Crippen LogP contribution in [0.1, 0.15) is 6.42 Å². The van der Waals surface area contributed by atoms with E-state index < -0.39 is 36.3 Å². The topological polar surface area (TPSA) is 131 Å². The highest BCUT2D eigenvalue weighted by Crippen LogP contribution is 1.99. The van der Waals surface area contributed by atoms with Crippen molar-refractivity contribution in [1.82, 2.24) is 0 Å². The normalized spacial score (nSPS) is 24.4. The maximum Gasteiger partial charge on any atom is 0.379 e. The molecule has 0 aromatic rings. The lowest BCUT2D eigenvalue weighted by molar-refractivity contribution is -0.261. The molecule has 92 valence electrons. The molecule has 1 aliphatic heterocycles. The van der Waals surface area contributed by atoms with Crippen molar-refractivity contribution in [2.24, 2.45) is 5.73 Å². The molecule has 1 heterocycles. The third kappa shape index (κ3) is 4.30. The largest absolute Gasteiger partial charge is 0.379 e. The highest BCUT2D eigenvalue weighted by atomic mass is 17.2. The van der Waals surface area contributed by atoms with Crippen molar-refractivity contribution >= 4 is 23.9 Å². The average molecular weight is 245 g/mol. The zero-order chi connectivity index (χ0) is 12.8. The quantitative estimate of drug-likeness (QED) is 0.494. The molecule has 0 amide bonds. The molecule has 0 spiro atoms. The Morgan fingerprint density at radius 1 is 0.941 bits per heavy atom. The molecule has 1 atom stereocenters. The van der Waals surface area contributed by atoms with Crippen LogP contribution >= 0.6 is 0 Å². The third-order valence-electron chi connectivity index (χ3n) is 1.47. The molecule has 0 unspecified atom stereocenters. The highest BCUT2D eigenvalue weighted by molar-refractivity contribution is 5.92. The van der Waals surface area contributed by atoms with Crippen LogP contribution < -0.4 is 5.73 Å². The Bertz CT molecular complexity index is 387. The maximum atomic E-state index is 11.0. The molecule has 2 N–H and O–H groups in total. The molecular weight excluding hydrogens is 238 g/mol. The molecule has 0 aliphatic carbocycles. The summed E-state index contributed by atoms with van der Waals surface area (Å²) in [5.41, 5.74) is 5.20. The fourth-order valence-electron chi connectivity index (χ4n) is 0.720. The minimum absolute atomic E-state index is 0.604. The van der Waals surface area contributed by atoms with Gasteiger partial charge in [0.05, 0.1) is 6.42 Å². The molecule has 17 heavy (non-hydrogen) atoms. The van der Waals surface area contributed by atoms with Gasteiger partial charge in [-0.2, -0.15) is 0 Å². The van der Waals surface area contributed by atoms with Crippen molar-refractivity contribution in [3.63, 3.8) is 0 Å². The van der Waals surface area contributed by atoms with E-state index in [0.29, 0.717) is 12.2 Å². The van der Waals surface area contributed by atoms with Crippen molar-refractivity contribution in [3.8, 4) is 0 Å². The highest BCUT2D eigenvalue weighted by Gasteiger charge is 2.24. The van der Waals surface area contributed by atoms with Gasteiger partial charge in [0.15, 0.2) is 0 Å². The SMILES string of the molecule is N[C@H]1CC(=O)OOC(=O)/C=C/C(=O)OOC1=O. The van der Waals surface area contributed by atoms with Crippen LogP contribution in [0, 0.1) is 0 Å². The number of carbonyl (C=O) groups excluding carboxylic acids is 4. The Kier molecular flexibility index (Phi) is 4.17. The van der Waals surface area contributed by atoms with Crippen LogP contribution in [0.25, 0.3) is 0 Å². The summed E-state index contributed by atoms with van der Waals surface area (Å²) < 4.78 is 0. The lowest BCUT2D eigenvalue weighted by Crippen LogP contribution is -2.35. The predicted octanol–water partition coefficient (Wildman–Crippen LogP) is -1.72. The second-order valence-corrected chi connectivity index (χ2v) is 2.81. The Hall–Kier alpha value is -2.42. The number of hydrogen-bond donors (Lipinski definition) is 1. The van der Waals surface area contributed by atoms with E-state index in [1.165, 1.54) is 0 Å². The van der Waals surface area contributed by atoms with E-state index in [0.717, 1.165) is 0 Å². The van der Waals surface area contributed by atoms with E-state index in [4.69, 9.17) is 5.73 Å². The monoisotopic (exact) mass is 245 g/mol. The second-order valence-electron chi connectivity index (χ2n) is 2.81. The van der Waals surface area contributed by atoms with Gasteiger partial charge in [0.1, 0.15) is 6.04 Å². The Morgan fingerprint density at radius 2 is 1.47 bits per heavy atom. The van der Waals surface area contributed by atoms with Crippen LogP contribution in [-0.4, -0.2) is 29.9 Å². The van der Waals surface area contributed by atoms with E-state index in [9.17, 15) is 19.2 Å². The molecule has 9 nitrogen and oxygen atoms in total. The second kappa shape index (κ2) is 5.61. The molecule has 9 heteroatoms. The predicted molar refractivity (Wildman–Crippen MR) is 46.1 cm³/mol. The molecule has 0 aromatic heterocycles. The molecule has 0 aromatic carbocycles. The van der Waals surface area contributed by atoms with Crippen LogP contribution in [0.5, 0.6) is 0 Å². The molecular formula is C8H7NO8. The number of carbonyl (C=O) groups is 4. The van der Waals surface area contributed by atoms with E-state index in [1.54, 1.807) is 0 Å². The summed E-state index contributed by atoms with van der Waals surface area (Å²) in [6.45, 7) is 0. The van der Waals surface area contributed by atoms with Crippen LogP contribution in [0.4, 0.5) is 0 Å². The number of hydrogen-bond acceptors (Lipinski definition) is 9. The first-order valence-corrected chi connectivity index (χ1v) is 4.26. The molecule has 0 saturated carbocycles. The Balaban J connectivity index is 2.74. The summed E-state index contributed by atoms with van der Waals surface area (Å²) in [7, 11) is 0. The van der Waals surface area contributed by atoms with Gasteiger partial charge in [0, 0.05) is 12.2 Å². The third-order valence-corrected chi connectivity index (χ3v) is 1.47. The van der Waals surface area contributed by atoms with Crippen LogP contribution in [0.2, 0.25) is 0 Å². The van der Waals surface area contributed by atoms with Crippen molar-refractivity contribution in [1.29, 1.82) is 0 Å². The van der Waals surface area contributed by atoms with Gasteiger partial charge in [0.25, 0.3) is 0 Å². The molecule has 0 fully saturated rings. The van der Waals surface area contributed by atoms with Gasteiger partial charge in [-0.3, -0.25) is 0 Å². The first-order chi connectivity index (χ1) is 7.99. The van der Waals surface area contributed by atoms with Gasteiger partial charge in [-0.1, -0.05) is 0 Å². The zero-order valence-corrected chi connectivity index (χ0v) is 8.28. The summed E-state index contributed by atoms with van der Waals surface area (Å²) in [6.07, 6.45) is 0.620. The average Bonchev–Trinajstić information content (AvgIpc) is 2.29. The maximum absolute atomic E-state index is 11.0. The van der Waals surface area contributed by atoms with Crippen LogP contribution in [0.15, 0.2) is 12.2 Å². The van der Waals surface area contributed by atoms with Gasteiger partial charge < -0.3 is 5.73 Å². The zero-order valence-electron chi connectivity index (χ0n) is 8.28. The molecule has 0 saturated heterocycles. The fourth-order valence-corrected chi connectivity index (χ4v) is 0.720. The van der Waals surface area contributed by atoms with Crippen LogP contribution in [0.3, 0.4) is 0 Å². The summed E-state index contributed by atoms with van der Waals surface area (Å²) in [5.74, 6) is -4.44. The van der Waals surface area contributed by atoms with Crippen LogP contribution in [-0.2, 0) is 38.7 Å². The number of nitrogens with two attached hydrogens (primary N) is 1. The molecule has 1 aliphatic rings. The summed E-state index contributed by atoms with van der Waals surface area (Å²) in [5, 5.41) is 0. The van der Waals surface area contributed by atoms with Gasteiger partial charge in [0.2, 0.25) is 0 Å². The van der Waals surface area contributed by atoms with Crippen molar-refractivity contribution in [2.45, 2.75) is 12.5 Å². The Morgan fingerprint density at radius 3 is 2.06 bits per heavy atom. The van der Waals surface area contributed by atoms with E-state index in [2.05, 4.69) is 19.6 Å². The summed E-state index contributed by atoms with van der Waals surface area (Å²) >= 11 is 0. The minimum Gasteiger partial charge on any atom is -0.318 e. The van der Waals surface area contributed by atoms with Gasteiger partial charge in [-0.15, -0.1) is 0 Å². The minimum atomic E-state index is -1.41. The van der Waals surface area contributed by atoms with Crippen molar-refractivity contribution in [3.05, 3.63) is 12.2 Å². The standard InChI is InChI=1S/C8H7NO8/c9-4-3-7(12)16-14-5(10)1-2-6(11)15-17-8(4)13/h1-2,4H,3,9H2/b2-1+/t4-/m0/s1. The first-order valence-electron chi connectivity index (χ1n) is 4.26. The van der Waals surface area contributed by atoms with Gasteiger partial charge in [-0.25, -0.2) is 38.7 Å². The lowest BCUT2D eigenvalue weighted by Gasteiger charge is -2.08. The smallest absolute Gasteiger partial charge is 0.318 e.